The number of para-hydroxylation sites is 1. The van der Waals surface area contributed by atoms with Gasteiger partial charge in [0.2, 0.25) is 0 Å². The highest BCUT2D eigenvalue weighted by atomic mass is 35.5. The summed E-state index contributed by atoms with van der Waals surface area (Å²) in [5.74, 6) is -1.93. The zero-order chi connectivity index (χ0) is 15.1. The molecule has 0 fully saturated rings. The zero-order valence-corrected chi connectivity index (χ0v) is 11.2. The molecule has 0 aliphatic rings. The quantitative estimate of drug-likeness (QED) is 0.764. The molecule has 0 radical (unpaired) electrons. The molecule has 0 amide bonds. The van der Waals surface area contributed by atoms with Gasteiger partial charge in [-0.05, 0) is 24.3 Å². The maximum Gasteiger partial charge on any atom is 0.337 e. The van der Waals surface area contributed by atoms with E-state index in [1.165, 1.54) is 36.4 Å². The van der Waals surface area contributed by atoms with Crippen LogP contribution in [0.15, 0.2) is 41.2 Å². The summed E-state index contributed by atoms with van der Waals surface area (Å²) in [5, 5.41) is 9.00. The number of aromatic carboxylic acids is 1. The molecule has 5 nitrogen and oxygen atoms in total. The Kier molecular flexibility index (Phi) is 3.03. The molecule has 2 aromatic carbocycles. The molecule has 21 heavy (non-hydrogen) atoms. The van der Waals surface area contributed by atoms with Crippen LogP contribution >= 0.6 is 11.6 Å². The van der Waals surface area contributed by atoms with Gasteiger partial charge < -0.3 is 10.1 Å². The smallest absolute Gasteiger partial charge is 0.337 e. The van der Waals surface area contributed by atoms with Crippen molar-refractivity contribution in [1.29, 1.82) is 0 Å². The van der Waals surface area contributed by atoms with Crippen molar-refractivity contribution in [2.45, 2.75) is 0 Å². The largest absolute Gasteiger partial charge is 0.478 e. The van der Waals surface area contributed by atoms with E-state index in [1.807, 2.05) is 0 Å². The lowest BCUT2D eigenvalue weighted by Gasteiger charge is -2.06. The molecule has 7 heteroatoms. The molecule has 2 N–H and O–H groups in total. The molecule has 0 unspecified atom stereocenters. The van der Waals surface area contributed by atoms with Gasteiger partial charge in [-0.25, -0.2) is 14.0 Å². The van der Waals surface area contributed by atoms with E-state index >= 15 is 0 Å². The third-order valence-electron chi connectivity index (χ3n) is 3.12. The molecule has 0 saturated heterocycles. The first-order valence-electron chi connectivity index (χ1n) is 5.92. The Balaban J connectivity index is 2.42. The average molecular weight is 307 g/mol. The van der Waals surface area contributed by atoms with Crippen LogP contribution in [0.3, 0.4) is 0 Å². The number of halogens is 2. The van der Waals surface area contributed by atoms with Crippen molar-refractivity contribution in [2.24, 2.45) is 0 Å². The zero-order valence-electron chi connectivity index (χ0n) is 10.4. The lowest BCUT2D eigenvalue weighted by Crippen LogP contribution is -2.15. The fourth-order valence-corrected chi connectivity index (χ4v) is 2.38. The van der Waals surface area contributed by atoms with Gasteiger partial charge in [-0.3, -0.25) is 4.57 Å². The number of fused-ring (bicyclic) bond motifs is 1. The van der Waals surface area contributed by atoms with Gasteiger partial charge in [0.05, 0.1) is 27.3 Å². The van der Waals surface area contributed by atoms with Crippen molar-refractivity contribution in [1.82, 2.24) is 9.55 Å². The number of rotatable bonds is 2. The molecular formula is C14H8ClFN2O3. The number of carbonyl (C=O) groups is 1. The number of aromatic nitrogens is 2. The first-order valence-corrected chi connectivity index (χ1v) is 6.30. The van der Waals surface area contributed by atoms with Gasteiger partial charge in [-0.2, -0.15) is 0 Å². The number of imidazole rings is 1. The van der Waals surface area contributed by atoms with Gasteiger partial charge in [-0.15, -0.1) is 0 Å². The second-order valence-corrected chi connectivity index (χ2v) is 4.75. The SMILES string of the molecule is O=C(O)c1cccc2c1[nH]c(=O)n2-c1cccc(Cl)c1F. The van der Waals surface area contributed by atoms with E-state index < -0.39 is 17.5 Å². The number of aromatic amines is 1. The molecule has 0 atom stereocenters. The number of hydrogen-bond donors (Lipinski definition) is 2. The monoisotopic (exact) mass is 306 g/mol. The minimum Gasteiger partial charge on any atom is -0.478 e. The third-order valence-corrected chi connectivity index (χ3v) is 3.41. The first kappa shape index (κ1) is 13.4. The van der Waals surface area contributed by atoms with E-state index in [0.717, 1.165) is 4.57 Å². The number of hydrogen-bond acceptors (Lipinski definition) is 2. The molecule has 3 aromatic rings. The molecule has 0 aliphatic carbocycles. The van der Waals surface area contributed by atoms with Crippen LogP contribution in [0.1, 0.15) is 10.4 Å². The summed E-state index contributed by atoms with van der Waals surface area (Å²) in [4.78, 5) is 25.7. The van der Waals surface area contributed by atoms with E-state index in [4.69, 9.17) is 16.7 Å². The van der Waals surface area contributed by atoms with Crippen molar-refractivity contribution in [3.8, 4) is 5.69 Å². The average Bonchev–Trinajstić information content (AvgIpc) is 2.77. The summed E-state index contributed by atoms with van der Waals surface area (Å²) < 4.78 is 15.2. The topological polar surface area (TPSA) is 75.1 Å². The maximum absolute atomic E-state index is 14.1. The number of nitrogens with one attached hydrogen (secondary N) is 1. The molecule has 0 saturated carbocycles. The van der Waals surface area contributed by atoms with Crippen LogP contribution in [0, 0.1) is 5.82 Å². The normalized spacial score (nSPS) is 11.0. The Morgan fingerprint density at radius 3 is 2.67 bits per heavy atom. The Morgan fingerprint density at radius 2 is 1.95 bits per heavy atom. The van der Waals surface area contributed by atoms with Crippen molar-refractivity contribution >= 4 is 28.6 Å². The van der Waals surface area contributed by atoms with Gasteiger partial charge in [0.1, 0.15) is 0 Å². The Bertz CT molecular complexity index is 930. The standard InChI is InChI=1S/C14H8ClFN2O3/c15-8-4-2-5-9(11(8)16)18-10-6-1-3-7(13(19)20)12(10)17-14(18)21/h1-6H,(H,17,21)(H,19,20). The molecule has 0 bridgehead atoms. The van der Waals surface area contributed by atoms with Crippen molar-refractivity contribution < 1.29 is 14.3 Å². The number of carboxylic acids is 1. The summed E-state index contributed by atoms with van der Waals surface area (Å²) in [6, 6.07) is 8.64. The predicted molar refractivity (Wildman–Crippen MR) is 75.8 cm³/mol. The fraction of sp³-hybridized carbons (Fsp3) is 0. The third kappa shape index (κ3) is 2.00. The van der Waals surface area contributed by atoms with Crippen molar-refractivity contribution in [3.63, 3.8) is 0 Å². The van der Waals surface area contributed by atoms with Crippen LogP contribution in [0.5, 0.6) is 0 Å². The van der Waals surface area contributed by atoms with Crippen molar-refractivity contribution in [3.05, 3.63) is 63.3 Å². The lowest BCUT2D eigenvalue weighted by atomic mass is 10.2. The van der Waals surface area contributed by atoms with Gasteiger partial charge in [-0.1, -0.05) is 23.7 Å². The minimum absolute atomic E-state index is 0.0405. The molecule has 1 heterocycles. The van der Waals surface area contributed by atoms with Crippen LogP contribution in [-0.2, 0) is 0 Å². The number of carboxylic acid groups (broad SMARTS) is 1. The van der Waals surface area contributed by atoms with Crippen LogP contribution in [-0.4, -0.2) is 20.6 Å². The number of H-pyrrole nitrogens is 1. The summed E-state index contributed by atoms with van der Waals surface area (Å²) in [5.41, 5.74) is -0.345. The van der Waals surface area contributed by atoms with Crippen LogP contribution in [0.4, 0.5) is 4.39 Å². The van der Waals surface area contributed by atoms with E-state index in [-0.39, 0.29) is 27.3 Å². The summed E-state index contributed by atoms with van der Waals surface area (Å²) in [7, 11) is 0. The van der Waals surface area contributed by atoms with E-state index in [9.17, 15) is 14.0 Å². The molecule has 1 aromatic heterocycles. The summed E-state index contributed by atoms with van der Waals surface area (Å²) in [6.07, 6.45) is 0. The van der Waals surface area contributed by atoms with E-state index in [2.05, 4.69) is 4.98 Å². The Morgan fingerprint density at radius 1 is 1.24 bits per heavy atom. The number of benzene rings is 2. The molecule has 3 rings (SSSR count). The number of nitrogens with zero attached hydrogens (tertiary/aromatic N) is 1. The lowest BCUT2D eigenvalue weighted by molar-refractivity contribution is 0.0699. The van der Waals surface area contributed by atoms with Gasteiger partial charge in [0.15, 0.2) is 5.82 Å². The maximum atomic E-state index is 14.1. The van der Waals surface area contributed by atoms with Crippen LogP contribution in [0.2, 0.25) is 5.02 Å². The fourth-order valence-electron chi connectivity index (χ4n) is 2.21. The van der Waals surface area contributed by atoms with Gasteiger partial charge in [0.25, 0.3) is 0 Å². The highest BCUT2D eigenvalue weighted by molar-refractivity contribution is 6.30. The second kappa shape index (κ2) is 4.75. The molecular weight excluding hydrogens is 299 g/mol. The van der Waals surface area contributed by atoms with Gasteiger partial charge in [0, 0.05) is 0 Å². The van der Waals surface area contributed by atoms with Crippen LogP contribution < -0.4 is 5.69 Å². The predicted octanol–water partition coefficient (Wildman–Crippen LogP) is 2.81. The minimum atomic E-state index is -1.18. The molecule has 0 aliphatic heterocycles. The molecule has 106 valence electrons. The summed E-state index contributed by atoms with van der Waals surface area (Å²) >= 11 is 5.72. The first-order chi connectivity index (χ1) is 10.0. The summed E-state index contributed by atoms with van der Waals surface area (Å²) in [6.45, 7) is 0. The Hall–Kier alpha value is -2.60. The van der Waals surface area contributed by atoms with E-state index in [1.54, 1.807) is 0 Å². The highest BCUT2D eigenvalue weighted by Crippen LogP contribution is 2.24. The van der Waals surface area contributed by atoms with Gasteiger partial charge >= 0.3 is 11.7 Å². The van der Waals surface area contributed by atoms with Crippen molar-refractivity contribution in [2.75, 3.05) is 0 Å². The Labute approximate surface area is 122 Å². The second-order valence-electron chi connectivity index (χ2n) is 4.34. The van der Waals surface area contributed by atoms with Crippen LogP contribution in [0.25, 0.3) is 16.7 Å². The highest BCUT2D eigenvalue weighted by Gasteiger charge is 2.18. The molecule has 0 spiro atoms. The van der Waals surface area contributed by atoms with E-state index in [0.29, 0.717) is 0 Å².